The topological polar surface area (TPSA) is 68.9 Å². The molecule has 0 saturated heterocycles. The molecular weight excluding hydrogens is 237 g/mol. The van der Waals surface area contributed by atoms with E-state index in [0.717, 1.165) is 0 Å². The van der Waals surface area contributed by atoms with Gasteiger partial charge in [-0.25, -0.2) is 0 Å². The fraction of sp³-hybridized carbons (Fsp3) is 0.417. The lowest BCUT2D eigenvalue weighted by Crippen LogP contribution is -2.23. The monoisotopic (exact) mass is 255 g/mol. The fourth-order valence-electron chi connectivity index (χ4n) is 1.35. The molecule has 0 heterocycles. The van der Waals surface area contributed by atoms with Gasteiger partial charge in [-0.1, -0.05) is 0 Å². The number of rotatable bonds is 6. The Bertz CT molecular complexity index is 410. The van der Waals surface area contributed by atoms with Gasteiger partial charge in [-0.05, 0) is 18.6 Å². The summed E-state index contributed by atoms with van der Waals surface area (Å²) < 4.78 is 22.2. The van der Waals surface area contributed by atoms with Crippen LogP contribution in [0.3, 0.4) is 0 Å². The van der Waals surface area contributed by atoms with E-state index in [1.807, 2.05) is 0 Å². The van der Waals surface area contributed by atoms with Crippen LogP contribution in [0.5, 0.6) is 11.5 Å². The number of nitrogens with zero attached hydrogens (tertiary/aromatic N) is 1. The minimum atomic E-state index is -0.404. The average Bonchev–Trinajstić information content (AvgIpc) is 2.39. The van der Waals surface area contributed by atoms with E-state index in [4.69, 9.17) is 15.2 Å². The molecule has 0 aromatic heterocycles. The molecule has 1 rings (SSSR count). The minimum Gasteiger partial charge on any atom is -0.497 e. The molecule has 1 aromatic carbocycles. The predicted octanol–water partition coefficient (Wildman–Crippen LogP) is 1.79. The van der Waals surface area contributed by atoms with E-state index in [2.05, 4.69) is 10.3 Å². The molecule has 1 aromatic rings. The second kappa shape index (κ2) is 7.37. The second-order valence-corrected chi connectivity index (χ2v) is 3.50. The van der Waals surface area contributed by atoms with Crippen LogP contribution in [0.4, 0.5) is 10.1 Å². The third-order valence-corrected chi connectivity index (χ3v) is 2.24. The predicted molar refractivity (Wildman–Crippen MR) is 70.3 cm³/mol. The highest BCUT2D eigenvalue weighted by Crippen LogP contribution is 2.28. The van der Waals surface area contributed by atoms with Crippen molar-refractivity contribution in [3.8, 4) is 11.5 Å². The van der Waals surface area contributed by atoms with Crippen LogP contribution in [-0.2, 0) is 0 Å². The van der Waals surface area contributed by atoms with Crippen molar-refractivity contribution < 1.29 is 13.9 Å². The quantitative estimate of drug-likeness (QED) is 0.462. The Kier molecular flexibility index (Phi) is 5.76. The molecule has 6 heteroatoms. The van der Waals surface area contributed by atoms with Crippen LogP contribution in [-0.4, -0.2) is 33.4 Å². The molecular formula is C12H18FN3O2. The maximum atomic E-state index is 11.9. The molecule has 0 radical (unpaired) electrons. The first-order valence-electron chi connectivity index (χ1n) is 5.56. The first kappa shape index (κ1) is 14.1. The number of aliphatic imine (C=N–C) groups is 1. The van der Waals surface area contributed by atoms with Gasteiger partial charge in [0.15, 0.2) is 5.96 Å². The maximum Gasteiger partial charge on any atom is 0.193 e. The van der Waals surface area contributed by atoms with Gasteiger partial charge in [0.1, 0.15) is 11.5 Å². The van der Waals surface area contributed by atoms with E-state index in [1.165, 1.54) is 0 Å². The fourth-order valence-corrected chi connectivity index (χ4v) is 1.35. The van der Waals surface area contributed by atoms with Crippen molar-refractivity contribution in [2.24, 2.45) is 10.7 Å². The Balaban J connectivity index is 2.78. The van der Waals surface area contributed by atoms with E-state index in [9.17, 15) is 4.39 Å². The number of methoxy groups -OCH3 is 2. The number of ether oxygens (including phenoxy) is 2. The van der Waals surface area contributed by atoms with Crippen LogP contribution in [0.1, 0.15) is 6.42 Å². The number of guanidine groups is 1. The van der Waals surface area contributed by atoms with E-state index in [1.54, 1.807) is 32.4 Å². The zero-order valence-corrected chi connectivity index (χ0v) is 10.6. The summed E-state index contributed by atoms with van der Waals surface area (Å²) in [5, 5.41) is 2.90. The SMILES string of the molecule is COc1ccc(OC)c(NC(N)=NCCCF)c1. The number of benzene rings is 1. The lowest BCUT2D eigenvalue weighted by molar-refractivity contribution is 0.405. The summed E-state index contributed by atoms with van der Waals surface area (Å²) in [6.45, 7) is -0.0547. The normalized spacial score (nSPS) is 11.2. The molecule has 18 heavy (non-hydrogen) atoms. The summed E-state index contributed by atoms with van der Waals surface area (Å²) in [6, 6.07) is 5.28. The lowest BCUT2D eigenvalue weighted by atomic mass is 10.2. The molecule has 0 aliphatic heterocycles. The number of hydrogen-bond donors (Lipinski definition) is 2. The van der Waals surface area contributed by atoms with Crippen LogP contribution in [0.25, 0.3) is 0 Å². The molecule has 100 valence electrons. The highest BCUT2D eigenvalue weighted by atomic mass is 19.1. The average molecular weight is 255 g/mol. The molecule has 3 N–H and O–H groups in total. The maximum absolute atomic E-state index is 11.9. The molecule has 0 bridgehead atoms. The Morgan fingerprint density at radius 2 is 2.17 bits per heavy atom. The number of alkyl halides is 1. The number of halogens is 1. The molecule has 0 aliphatic rings. The molecule has 0 unspecified atom stereocenters. The Morgan fingerprint density at radius 3 is 2.78 bits per heavy atom. The summed E-state index contributed by atoms with van der Waals surface area (Å²) in [5.74, 6) is 1.52. The molecule has 5 nitrogen and oxygen atoms in total. The molecule has 0 aliphatic carbocycles. The van der Waals surface area contributed by atoms with Crippen molar-refractivity contribution >= 4 is 11.6 Å². The highest BCUT2D eigenvalue weighted by molar-refractivity contribution is 5.93. The Labute approximate surface area is 106 Å². The van der Waals surface area contributed by atoms with Crippen molar-refractivity contribution in [3.63, 3.8) is 0 Å². The van der Waals surface area contributed by atoms with Gasteiger partial charge in [0.25, 0.3) is 0 Å². The highest BCUT2D eigenvalue weighted by Gasteiger charge is 2.05. The van der Waals surface area contributed by atoms with Crippen molar-refractivity contribution in [1.29, 1.82) is 0 Å². The van der Waals surface area contributed by atoms with E-state index in [0.29, 0.717) is 30.2 Å². The van der Waals surface area contributed by atoms with Crippen molar-refractivity contribution in [1.82, 2.24) is 0 Å². The second-order valence-electron chi connectivity index (χ2n) is 3.50. The van der Waals surface area contributed by atoms with Gasteiger partial charge in [0.2, 0.25) is 0 Å². The lowest BCUT2D eigenvalue weighted by Gasteiger charge is -2.12. The standard InChI is InChI=1S/C12H18FN3O2/c1-17-9-4-5-11(18-2)10(8-9)16-12(14)15-7-3-6-13/h4-5,8H,3,6-7H2,1-2H3,(H3,14,15,16). The Morgan fingerprint density at radius 1 is 1.39 bits per heavy atom. The van der Waals surface area contributed by atoms with E-state index < -0.39 is 6.67 Å². The van der Waals surface area contributed by atoms with Crippen LogP contribution >= 0.6 is 0 Å². The number of nitrogens with two attached hydrogens (primary N) is 1. The molecule has 0 amide bonds. The van der Waals surface area contributed by atoms with Gasteiger partial charge in [-0.15, -0.1) is 0 Å². The van der Waals surface area contributed by atoms with E-state index >= 15 is 0 Å². The van der Waals surface area contributed by atoms with Gasteiger partial charge >= 0.3 is 0 Å². The summed E-state index contributed by atoms with van der Waals surface area (Å²) in [6.07, 6.45) is 0.359. The zero-order chi connectivity index (χ0) is 13.4. The summed E-state index contributed by atoms with van der Waals surface area (Å²) in [7, 11) is 3.13. The van der Waals surface area contributed by atoms with Gasteiger partial charge in [0.05, 0.1) is 26.6 Å². The van der Waals surface area contributed by atoms with Crippen LogP contribution in [0, 0.1) is 0 Å². The van der Waals surface area contributed by atoms with Gasteiger partial charge in [0, 0.05) is 12.6 Å². The smallest absolute Gasteiger partial charge is 0.193 e. The summed E-state index contributed by atoms with van der Waals surface area (Å²) >= 11 is 0. The van der Waals surface area contributed by atoms with Crippen LogP contribution in [0.15, 0.2) is 23.2 Å². The van der Waals surface area contributed by atoms with Gasteiger partial charge in [-0.3, -0.25) is 9.38 Å². The van der Waals surface area contributed by atoms with E-state index in [-0.39, 0.29) is 5.96 Å². The number of anilines is 1. The molecule has 0 atom stereocenters. The van der Waals surface area contributed by atoms with Crippen molar-refractivity contribution in [3.05, 3.63) is 18.2 Å². The third-order valence-electron chi connectivity index (χ3n) is 2.24. The van der Waals surface area contributed by atoms with Crippen molar-refractivity contribution in [2.75, 3.05) is 32.8 Å². The minimum absolute atomic E-state index is 0.218. The molecule has 0 fully saturated rings. The first-order valence-corrected chi connectivity index (χ1v) is 5.56. The van der Waals surface area contributed by atoms with Gasteiger partial charge < -0.3 is 20.5 Å². The van der Waals surface area contributed by atoms with Crippen LogP contribution in [0.2, 0.25) is 0 Å². The largest absolute Gasteiger partial charge is 0.497 e. The number of hydrogen-bond acceptors (Lipinski definition) is 3. The third kappa shape index (κ3) is 4.12. The van der Waals surface area contributed by atoms with Crippen molar-refractivity contribution in [2.45, 2.75) is 6.42 Å². The molecule has 0 spiro atoms. The first-order chi connectivity index (χ1) is 8.71. The summed E-state index contributed by atoms with van der Waals surface area (Å²) in [4.78, 5) is 3.99. The zero-order valence-electron chi connectivity index (χ0n) is 10.6. The molecule has 0 saturated carbocycles. The number of nitrogens with one attached hydrogen (secondary N) is 1. The van der Waals surface area contributed by atoms with Crippen LogP contribution < -0.4 is 20.5 Å². The Hall–Kier alpha value is -1.98. The van der Waals surface area contributed by atoms with Gasteiger partial charge in [-0.2, -0.15) is 0 Å². The summed E-state index contributed by atoms with van der Waals surface area (Å²) in [5.41, 5.74) is 6.33.